The topological polar surface area (TPSA) is 115 Å². The molecule has 0 aliphatic heterocycles. The number of nitrogens with zero attached hydrogens (tertiary/aromatic N) is 2. The van der Waals surface area contributed by atoms with E-state index in [9.17, 15) is 14.9 Å². The molecule has 0 aliphatic rings. The number of nitro benzene ring substituents is 1. The summed E-state index contributed by atoms with van der Waals surface area (Å²) in [5.74, 6) is -0.996. The number of carboxylic acids is 1. The van der Waals surface area contributed by atoms with E-state index in [-0.39, 0.29) is 12.3 Å². The Morgan fingerprint density at radius 3 is 2.69 bits per heavy atom. The van der Waals surface area contributed by atoms with E-state index >= 15 is 0 Å². The highest BCUT2D eigenvalue weighted by Gasteiger charge is 2.07. The number of nitro groups is 1. The van der Waals surface area contributed by atoms with Crippen molar-refractivity contribution in [3.05, 3.63) is 58.1 Å². The van der Waals surface area contributed by atoms with Crippen LogP contribution in [0.4, 0.5) is 11.4 Å². The zero-order chi connectivity index (χ0) is 19.1. The van der Waals surface area contributed by atoms with Crippen LogP contribution in [0.3, 0.4) is 0 Å². The van der Waals surface area contributed by atoms with Gasteiger partial charge in [-0.05, 0) is 24.6 Å². The Hall–Kier alpha value is -3.20. The number of hydrogen-bond acceptors (Lipinski definition) is 7. The summed E-state index contributed by atoms with van der Waals surface area (Å²) in [6, 6.07) is 12.3. The Morgan fingerprint density at radius 2 is 2.08 bits per heavy atom. The van der Waals surface area contributed by atoms with Crippen LogP contribution in [0, 0.1) is 17.0 Å². The molecular formula is C17H17N3O5S. The number of ether oxygens (including phenoxy) is 1. The predicted molar refractivity (Wildman–Crippen MR) is 100 cm³/mol. The number of aromatic nitrogens is 1. The van der Waals surface area contributed by atoms with Gasteiger partial charge >= 0.3 is 5.97 Å². The third-order valence-electron chi connectivity index (χ3n) is 3.29. The molecule has 1 heterocycles. The fraction of sp³-hybridized carbons (Fsp3) is 0.176. The van der Waals surface area contributed by atoms with Crippen molar-refractivity contribution < 1.29 is 19.6 Å². The number of aliphatic carboxylic acids is 1. The molecule has 0 unspecified atom stereocenters. The van der Waals surface area contributed by atoms with Crippen molar-refractivity contribution in [1.82, 2.24) is 4.98 Å². The standard InChI is InChI=1S/C9H7NO3S.C8H10N2O2/c11-8(12)5-13-9-10-6-3-1-2-4-7(6)14-9;1-6-3-4-7(10(11)12)5-8(6)9-2/h1-4H,5H2,(H,11,12);3-5,9H,1-2H3. The minimum atomic E-state index is -0.996. The molecule has 9 heteroatoms. The van der Waals surface area contributed by atoms with E-state index in [1.165, 1.54) is 23.5 Å². The second-order valence-electron chi connectivity index (χ2n) is 5.14. The predicted octanol–water partition coefficient (Wildman–Crippen LogP) is 3.70. The number of benzene rings is 2. The van der Waals surface area contributed by atoms with E-state index in [0.29, 0.717) is 5.19 Å². The monoisotopic (exact) mass is 375 g/mol. The van der Waals surface area contributed by atoms with Crippen LogP contribution < -0.4 is 10.1 Å². The molecule has 0 saturated heterocycles. The average Bonchev–Trinajstić information content (AvgIpc) is 3.03. The van der Waals surface area contributed by atoms with Crippen LogP contribution in [0.2, 0.25) is 0 Å². The van der Waals surface area contributed by atoms with Gasteiger partial charge in [-0.25, -0.2) is 9.78 Å². The van der Waals surface area contributed by atoms with Crippen molar-refractivity contribution in [3.8, 4) is 5.19 Å². The van der Waals surface area contributed by atoms with Crippen LogP contribution in [0.15, 0.2) is 42.5 Å². The third-order valence-corrected chi connectivity index (χ3v) is 4.24. The number of hydrogen-bond donors (Lipinski definition) is 2. The van der Waals surface area contributed by atoms with Crippen LogP contribution >= 0.6 is 11.3 Å². The Morgan fingerprint density at radius 1 is 1.35 bits per heavy atom. The summed E-state index contributed by atoms with van der Waals surface area (Å²) in [6.07, 6.45) is 0. The second-order valence-corrected chi connectivity index (χ2v) is 6.13. The van der Waals surface area contributed by atoms with Crippen LogP contribution in [-0.4, -0.2) is 34.6 Å². The Labute approximate surface area is 153 Å². The van der Waals surface area contributed by atoms with Gasteiger partial charge in [0.2, 0.25) is 0 Å². The van der Waals surface area contributed by atoms with Crippen LogP contribution in [0.25, 0.3) is 10.2 Å². The van der Waals surface area contributed by atoms with Crippen LogP contribution in [-0.2, 0) is 4.79 Å². The summed E-state index contributed by atoms with van der Waals surface area (Å²) in [5.41, 5.74) is 2.75. The molecular weight excluding hydrogens is 358 g/mol. The summed E-state index contributed by atoms with van der Waals surface area (Å²) in [7, 11) is 1.74. The number of thiazole rings is 1. The Balaban J connectivity index is 0.000000190. The fourth-order valence-corrected chi connectivity index (χ4v) is 2.84. The largest absolute Gasteiger partial charge is 0.479 e. The molecule has 8 nitrogen and oxygen atoms in total. The van der Waals surface area contributed by atoms with Crippen molar-refractivity contribution in [3.63, 3.8) is 0 Å². The van der Waals surface area contributed by atoms with Gasteiger partial charge in [0.05, 0.1) is 15.1 Å². The van der Waals surface area contributed by atoms with Gasteiger partial charge < -0.3 is 15.2 Å². The van der Waals surface area contributed by atoms with Crippen LogP contribution in [0.5, 0.6) is 5.19 Å². The quantitative estimate of drug-likeness (QED) is 0.516. The molecule has 0 fully saturated rings. The number of non-ortho nitro benzene ring substituents is 1. The minimum absolute atomic E-state index is 0.116. The molecule has 1 aromatic heterocycles. The normalized spacial score (nSPS) is 9.92. The number of aryl methyl sites for hydroxylation is 1. The molecule has 0 spiro atoms. The lowest BCUT2D eigenvalue weighted by molar-refractivity contribution is -0.384. The molecule has 26 heavy (non-hydrogen) atoms. The third kappa shape index (κ3) is 5.15. The van der Waals surface area contributed by atoms with Crippen molar-refractivity contribution in [2.75, 3.05) is 19.0 Å². The van der Waals surface area contributed by atoms with Crippen molar-refractivity contribution in [1.29, 1.82) is 0 Å². The van der Waals surface area contributed by atoms with Gasteiger partial charge in [-0.3, -0.25) is 10.1 Å². The van der Waals surface area contributed by atoms with Gasteiger partial charge in [0, 0.05) is 24.9 Å². The number of para-hydroxylation sites is 1. The van der Waals surface area contributed by atoms with Gasteiger partial charge in [0.1, 0.15) is 0 Å². The maximum atomic E-state index is 10.4. The number of carboxylic acid groups (broad SMARTS) is 1. The Bertz CT molecular complexity index is 893. The van der Waals surface area contributed by atoms with E-state index in [0.717, 1.165) is 21.5 Å². The van der Waals surface area contributed by atoms with Gasteiger partial charge in [-0.15, -0.1) is 0 Å². The molecule has 136 valence electrons. The molecule has 0 bridgehead atoms. The molecule has 3 rings (SSSR count). The molecule has 0 amide bonds. The summed E-state index contributed by atoms with van der Waals surface area (Å²) in [6.45, 7) is 1.55. The van der Waals surface area contributed by atoms with E-state index in [4.69, 9.17) is 9.84 Å². The zero-order valence-corrected chi connectivity index (χ0v) is 14.9. The summed E-state index contributed by atoms with van der Waals surface area (Å²) < 4.78 is 5.95. The van der Waals surface area contributed by atoms with Crippen LogP contribution in [0.1, 0.15) is 5.56 Å². The summed E-state index contributed by atoms with van der Waals surface area (Å²) >= 11 is 1.34. The first-order valence-electron chi connectivity index (χ1n) is 7.53. The molecule has 0 saturated carbocycles. The lowest BCUT2D eigenvalue weighted by Crippen LogP contribution is -2.08. The number of nitrogens with one attached hydrogen (secondary N) is 1. The maximum Gasteiger partial charge on any atom is 0.341 e. The molecule has 0 aliphatic carbocycles. The Kier molecular flexibility index (Phi) is 6.45. The highest BCUT2D eigenvalue weighted by molar-refractivity contribution is 7.20. The maximum absolute atomic E-state index is 10.4. The zero-order valence-electron chi connectivity index (χ0n) is 14.1. The number of rotatable bonds is 5. The number of fused-ring (bicyclic) bond motifs is 1. The first-order valence-corrected chi connectivity index (χ1v) is 8.35. The second kappa shape index (κ2) is 8.77. The number of carbonyl (C=O) groups is 1. The van der Waals surface area contributed by atoms with E-state index < -0.39 is 10.9 Å². The SMILES string of the molecule is CNc1cc([N+](=O)[O-])ccc1C.O=C(O)COc1nc2ccccc2s1. The van der Waals surface area contributed by atoms with Crippen molar-refractivity contribution >= 4 is 38.9 Å². The van der Waals surface area contributed by atoms with Gasteiger partial charge in [0.25, 0.3) is 10.9 Å². The summed E-state index contributed by atoms with van der Waals surface area (Å²) in [5, 5.41) is 22.0. The van der Waals surface area contributed by atoms with Crippen molar-refractivity contribution in [2.45, 2.75) is 6.92 Å². The molecule has 2 aromatic carbocycles. The molecule has 0 radical (unpaired) electrons. The smallest absolute Gasteiger partial charge is 0.341 e. The highest BCUT2D eigenvalue weighted by atomic mass is 32.1. The molecule has 3 aromatic rings. The highest BCUT2D eigenvalue weighted by Crippen LogP contribution is 2.27. The van der Waals surface area contributed by atoms with Gasteiger partial charge in [-0.1, -0.05) is 29.5 Å². The van der Waals surface area contributed by atoms with E-state index in [1.54, 1.807) is 13.1 Å². The van der Waals surface area contributed by atoms with E-state index in [2.05, 4.69) is 10.3 Å². The minimum Gasteiger partial charge on any atom is -0.479 e. The lowest BCUT2D eigenvalue weighted by Gasteiger charge is -2.02. The lowest BCUT2D eigenvalue weighted by atomic mass is 10.2. The van der Waals surface area contributed by atoms with Crippen molar-refractivity contribution in [2.24, 2.45) is 0 Å². The number of anilines is 1. The fourth-order valence-electron chi connectivity index (χ4n) is 2.03. The molecule has 0 atom stereocenters. The first kappa shape index (κ1) is 19.1. The van der Waals surface area contributed by atoms with Gasteiger partial charge in [-0.2, -0.15) is 0 Å². The first-order chi connectivity index (χ1) is 12.4. The summed E-state index contributed by atoms with van der Waals surface area (Å²) in [4.78, 5) is 24.3. The molecule has 2 N–H and O–H groups in total. The van der Waals surface area contributed by atoms with E-state index in [1.807, 2.05) is 31.2 Å². The van der Waals surface area contributed by atoms with Gasteiger partial charge in [0.15, 0.2) is 6.61 Å². The average molecular weight is 375 g/mol.